The van der Waals surface area contributed by atoms with Gasteiger partial charge >= 0.3 is 0 Å². The molecule has 0 aromatic heterocycles. The summed E-state index contributed by atoms with van der Waals surface area (Å²) in [6.07, 6.45) is 4.52. The predicted molar refractivity (Wildman–Crippen MR) is 127 cm³/mol. The van der Waals surface area contributed by atoms with E-state index in [-0.39, 0.29) is 24.0 Å². The van der Waals surface area contributed by atoms with E-state index in [1.807, 2.05) is 0 Å². The molecule has 0 amide bonds. The summed E-state index contributed by atoms with van der Waals surface area (Å²) in [6.45, 7) is 11.2. The summed E-state index contributed by atoms with van der Waals surface area (Å²) in [7, 11) is 0. The van der Waals surface area contributed by atoms with Gasteiger partial charge in [0.2, 0.25) is 0 Å². The third-order valence-electron chi connectivity index (χ3n) is 4.71. The second-order valence-corrected chi connectivity index (χ2v) is 7.10. The van der Waals surface area contributed by atoms with Gasteiger partial charge in [-0.25, -0.2) is 4.99 Å². The molecule has 160 valence electrons. The van der Waals surface area contributed by atoms with Crippen molar-refractivity contribution in [2.45, 2.75) is 46.1 Å². The van der Waals surface area contributed by atoms with Crippen LogP contribution < -0.4 is 15.8 Å². The number of nitrogens with two attached hydrogens (primary N) is 1. The zero-order chi connectivity index (χ0) is 19.3. The number of unbranched alkanes of at least 4 members (excludes halogenated alkanes) is 2. The molecule has 7 heteroatoms. The number of aryl methyl sites for hydroxylation is 1. The summed E-state index contributed by atoms with van der Waals surface area (Å²) in [5.41, 5.74) is 8.30. The van der Waals surface area contributed by atoms with Crippen molar-refractivity contribution < 1.29 is 9.47 Å². The van der Waals surface area contributed by atoms with Gasteiger partial charge in [-0.1, -0.05) is 31.9 Å². The number of guanidine groups is 1. The van der Waals surface area contributed by atoms with Crippen LogP contribution in [0.1, 0.15) is 43.7 Å². The Morgan fingerprint density at radius 1 is 1.25 bits per heavy atom. The lowest BCUT2D eigenvalue weighted by atomic mass is 10.1. The van der Waals surface area contributed by atoms with Gasteiger partial charge in [0.05, 0.1) is 26.4 Å². The van der Waals surface area contributed by atoms with Crippen LogP contribution in [0.5, 0.6) is 5.75 Å². The molecule has 28 heavy (non-hydrogen) atoms. The Hall–Kier alpha value is -1.06. The zero-order valence-corrected chi connectivity index (χ0v) is 19.7. The minimum Gasteiger partial charge on any atom is -0.493 e. The highest BCUT2D eigenvalue weighted by Gasteiger charge is 2.09. The van der Waals surface area contributed by atoms with Crippen molar-refractivity contribution in [2.24, 2.45) is 10.7 Å². The Kier molecular flexibility index (Phi) is 13.3. The highest BCUT2D eigenvalue weighted by molar-refractivity contribution is 14.0. The van der Waals surface area contributed by atoms with Crippen LogP contribution in [0.25, 0.3) is 0 Å². The fourth-order valence-electron chi connectivity index (χ4n) is 3.03. The van der Waals surface area contributed by atoms with E-state index in [1.54, 1.807) is 0 Å². The standard InChI is InChI=1S/C21H36N4O2.HI/c1-3-4-5-13-27-20-16-18(2)7-8-19(20)17-24-21(22)23-9-6-10-25-11-14-26-15-12-25;/h7-8,16H,3-6,9-15,17H2,1-2H3,(H3,22,23,24);1H. The van der Waals surface area contributed by atoms with E-state index >= 15 is 0 Å². The lowest BCUT2D eigenvalue weighted by molar-refractivity contribution is 0.0376. The molecule has 6 nitrogen and oxygen atoms in total. The van der Waals surface area contributed by atoms with E-state index in [2.05, 4.69) is 47.3 Å². The smallest absolute Gasteiger partial charge is 0.188 e. The molecule has 0 atom stereocenters. The van der Waals surface area contributed by atoms with Crippen molar-refractivity contribution in [3.05, 3.63) is 29.3 Å². The molecule has 0 aliphatic carbocycles. The van der Waals surface area contributed by atoms with Crippen LogP contribution in [0.2, 0.25) is 0 Å². The van der Waals surface area contributed by atoms with Crippen molar-refractivity contribution >= 4 is 29.9 Å². The van der Waals surface area contributed by atoms with Crippen molar-refractivity contribution in [3.63, 3.8) is 0 Å². The molecule has 0 spiro atoms. The Labute approximate surface area is 187 Å². The van der Waals surface area contributed by atoms with Crippen molar-refractivity contribution in [1.82, 2.24) is 10.2 Å². The maximum atomic E-state index is 6.02. The number of hydrogen-bond acceptors (Lipinski definition) is 4. The van der Waals surface area contributed by atoms with Crippen LogP contribution in [0, 0.1) is 6.92 Å². The first-order valence-electron chi connectivity index (χ1n) is 10.2. The lowest BCUT2D eigenvalue weighted by Crippen LogP contribution is -2.39. The molecule has 2 rings (SSSR count). The molecule has 3 N–H and O–H groups in total. The van der Waals surface area contributed by atoms with Gasteiger partial charge in [0, 0.05) is 25.2 Å². The Balaban J connectivity index is 0.00000392. The second kappa shape index (κ2) is 14.9. The third kappa shape index (κ3) is 9.93. The number of hydrogen-bond donors (Lipinski definition) is 2. The summed E-state index contributed by atoms with van der Waals surface area (Å²) in [4.78, 5) is 6.91. The highest BCUT2D eigenvalue weighted by atomic mass is 127. The monoisotopic (exact) mass is 504 g/mol. The van der Waals surface area contributed by atoms with E-state index in [1.165, 1.54) is 18.4 Å². The van der Waals surface area contributed by atoms with Gasteiger partial charge in [-0.05, 0) is 37.9 Å². The van der Waals surface area contributed by atoms with E-state index in [0.29, 0.717) is 12.5 Å². The maximum Gasteiger partial charge on any atom is 0.188 e. The first kappa shape index (κ1) is 25.0. The molecular formula is C21H37IN4O2. The molecule has 1 aliphatic heterocycles. The van der Waals surface area contributed by atoms with E-state index in [9.17, 15) is 0 Å². The second-order valence-electron chi connectivity index (χ2n) is 7.10. The average molecular weight is 504 g/mol. The van der Waals surface area contributed by atoms with E-state index in [0.717, 1.165) is 70.2 Å². The molecule has 1 aliphatic rings. The van der Waals surface area contributed by atoms with Crippen LogP contribution in [0.4, 0.5) is 0 Å². The van der Waals surface area contributed by atoms with Crippen LogP contribution in [0.3, 0.4) is 0 Å². The Morgan fingerprint density at radius 3 is 2.79 bits per heavy atom. The fraction of sp³-hybridized carbons (Fsp3) is 0.667. The first-order valence-corrected chi connectivity index (χ1v) is 10.2. The Morgan fingerprint density at radius 2 is 2.04 bits per heavy atom. The summed E-state index contributed by atoms with van der Waals surface area (Å²) in [5, 5.41) is 3.21. The van der Waals surface area contributed by atoms with E-state index in [4.69, 9.17) is 15.2 Å². The summed E-state index contributed by atoms with van der Waals surface area (Å²) in [5.74, 6) is 1.42. The molecule has 1 fully saturated rings. The Bertz CT molecular complexity index is 578. The van der Waals surface area contributed by atoms with Crippen LogP contribution in [-0.4, -0.2) is 56.9 Å². The molecule has 0 unspecified atom stereocenters. The number of rotatable bonds is 11. The molecule has 0 bridgehead atoms. The van der Waals surface area contributed by atoms with Crippen LogP contribution >= 0.6 is 24.0 Å². The van der Waals surface area contributed by atoms with Crippen LogP contribution in [-0.2, 0) is 11.3 Å². The normalized spacial score (nSPS) is 15.1. The summed E-state index contributed by atoms with van der Waals surface area (Å²) < 4.78 is 11.3. The number of aliphatic imine (C=N–C) groups is 1. The third-order valence-corrected chi connectivity index (χ3v) is 4.71. The summed E-state index contributed by atoms with van der Waals surface area (Å²) in [6, 6.07) is 6.26. The average Bonchev–Trinajstić information content (AvgIpc) is 2.69. The number of benzene rings is 1. The highest BCUT2D eigenvalue weighted by Crippen LogP contribution is 2.21. The fourth-order valence-corrected chi connectivity index (χ4v) is 3.03. The predicted octanol–water partition coefficient (Wildman–Crippen LogP) is 3.31. The molecule has 1 aromatic carbocycles. The van der Waals surface area contributed by atoms with Gasteiger partial charge in [-0.2, -0.15) is 0 Å². The maximum absolute atomic E-state index is 6.02. The van der Waals surface area contributed by atoms with Gasteiger partial charge in [0.25, 0.3) is 0 Å². The molecule has 1 aromatic rings. The number of nitrogens with one attached hydrogen (secondary N) is 1. The SMILES string of the molecule is CCCCCOc1cc(C)ccc1CN=C(N)NCCCN1CCOCC1.I. The molecule has 0 radical (unpaired) electrons. The van der Waals surface area contributed by atoms with Crippen molar-refractivity contribution in [3.8, 4) is 5.75 Å². The van der Waals surface area contributed by atoms with Gasteiger partial charge < -0.3 is 20.5 Å². The number of halogens is 1. The first-order chi connectivity index (χ1) is 13.2. The van der Waals surface area contributed by atoms with Gasteiger partial charge in [0.15, 0.2) is 5.96 Å². The number of nitrogens with zero attached hydrogens (tertiary/aromatic N) is 2. The van der Waals surface area contributed by atoms with Crippen molar-refractivity contribution in [1.29, 1.82) is 0 Å². The molecule has 0 saturated carbocycles. The van der Waals surface area contributed by atoms with Gasteiger partial charge in [-0.15, -0.1) is 24.0 Å². The number of ether oxygens (including phenoxy) is 2. The van der Waals surface area contributed by atoms with E-state index < -0.39 is 0 Å². The van der Waals surface area contributed by atoms with Gasteiger partial charge in [-0.3, -0.25) is 4.90 Å². The van der Waals surface area contributed by atoms with Crippen LogP contribution in [0.15, 0.2) is 23.2 Å². The quantitative estimate of drug-likeness (QED) is 0.210. The topological polar surface area (TPSA) is 72.1 Å². The molecule has 1 saturated heterocycles. The molecular weight excluding hydrogens is 467 g/mol. The van der Waals surface area contributed by atoms with Crippen molar-refractivity contribution in [2.75, 3.05) is 46.0 Å². The minimum atomic E-state index is 0. The minimum absolute atomic E-state index is 0. The molecule has 1 heterocycles. The number of morpholine rings is 1. The largest absolute Gasteiger partial charge is 0.493 e. The summed E-state index contributed by atoms with van der Waals surface area (Å²) >= 11 is 0. The zero-order valence-electron chi connectivity index (χ0n) is 17.4. The lowest BCUT2D eigenvalue weighted by Gasteiger charge is -2.26. The van der Waals surface area contributed by atoms with Gasteiger partial charge in [0.1, 0.15) is 5.75 Å².